The zero-order chi connectivity index (χ0) is 9.97. The van der Waals surface area contributed by atoms with Crippen LogP contribution in [-0.4, -0.2) is 10.8 Å². The summed E-state index contributed by atoms with van der Waals surface area (Å²) in [5.41, 5.74) is 1.88. The summed E-state index contributed by atoms with van der Waals surface area (Å²) in [7, 11) is 0. The molecule has 0 spiro atoms. The maximum Gasteiger partial charge on any atom is 0.251 e. The van der Waals surface area contributed by atoms with Crippen molar-refractivity contribution >= 4 is 5.91 Å². The van der Waals surface area contributed by atoms with Crippen LogP contribution in [0.15, 0.2) is 54.8 Å². The standard InChI is InChI=1S/C12H11NO/c1-10-7-8-12(14)13(10)9-11-5-3-2-4-6-11/h2-8H,1,9H2. The minimum Gasteiger partial charge on any atom is -0.305 e. The third-order valence-corrected chi connectivity index (χ3v) is 2.21. The predicted octanol–water partition coefficient (Wildman–Crippen LogP) is 2.10. The highest BCUT2D eigenvalue weighted by Gasteiger charge is 2.18. The summed E-state index contributed by atoms with van der Waals surface area (Å²) in [6.45, 7) is 4.40. The van der Waals surface area contributed by atoms with Crippen molar-refractivity contribution in [1.29, 1.82) is 0 Å². The summed E-state index contributed by atoms with van der Waals surface area (Å²) in [4.78, 5) is 13.0. The van der Waals surface area contributed by atoms with E-state index in [1.165, 1.54) is 0 Å². The molecular formula is C12H11NO. The predicted molar refractivity (Wildman–Crippen MR) is 55.3 cm³/mol. The Labute approximate surface area is 83.2 Å². The zero-order valence-corrected chi connectivity index (χ0v) is 7.81. The van der Waals surface area contributed by atoms with E-state index in [-0.39, 0.29) is 5.91 Å². The molecule has 0 unspecified atom stereocenters. The van der Waals surface area contributed by atoms with Crippen molar-refractivity contribution in [3.63, 3.8) is 0 Å². The van der Waals surface area contributed by atoms with Gasteiger partial charge in [0.2, 0.25) is 0 Å². The molecule has 0 atom stereocenters. The molecular weight excluding hydrogens is 174 g/mol. The van der Waals surface area contributed by atoms with Crippen molar-refractivity contribution in [2.75, 3.05) is 0 Å². The van der Waals surface area contributed by atoms with Gasteiger partial charge in [-0.15, -0.1) is 0 Å². The van der Waals surface area contributed by atoms with E-state index in [2.05, 4.69) is 6.58 Å². The lowest BCUT2D eigenvalue weighted by molar-refractivity contribution is -0.123. The highest BCUT2D eigenvalue weighted by Crippen LogP contribution is 2.16. The molecule has 2 rings (SSSR count). The van der Waals surface area contributed by atoms with Gasteiger partial charge in [-0.05, 0) is 11.6 Å². The third kappa shape index (κ3) is 1.59. The maximum absolute atomic E-state index is 11.4. The van der Waals surface area contributed by atoms with Crippen molar-refractivity contribution < 1.29 is 4.79 Å². The topological polar surface area (TPSA) is 20.3 Å². The van der Waals surface area contributed by atoms with E-state index >= 15 is 0 Å². The first-order valence-electron chi connectivity index (χ1n) is 4.50. The van der Waals surface area contributed by atoms with Crippen LogP contribution in [0.3, 0.4) is 0 Å². The van der Waals surface area contributed by atoms with E-state index < -0.39 is 0 Å². The number of allylic oxidation sites excluding steroid dienone is 1. The molecule has 14 heavy (non-hydrogen) atoms. The van der Waals surface area contributed by atoms with Crippen molar-refractivity contribution in [1.82, 2.24) is 4.90 Å². The molecule has 0 bridgehead atoms. The maximum atomic E-state index is 11.4. The van der Waals surface area contributed by atoms with Crippen LogP contribution in [0, 0.1) is 0 Å². The Morgan fingerprint density at radius 3 is 2.43 bits per heavy atom. The summed E-state index contributed by atoms with van der Waals surface area (Å²) < 4.78 is 0. The lowest BCUT2D eigenvalue weighted by atomic mass is 10.2. The lowest BCUT2D eigenvalue weighted by Crippen LogP contribution is -2.22. The number of nitrogens with zero attached hydrogens (tertiary/aromatic N) is 1. The molecule has 1 amide bonds. The van der Waals surface area contributed by atoms with E-state index in [1.54, 1.807) is 17.1 Å². The average molecular weight is 185 g/mol. The normalized spacial score (nSPS) is 15.3. The van der Waals surface area contributed by atoms with Gasteiger partial charge in [-0.2, -0.15) is 0 Å². The Hall–Kier alpha value is -1.83. The van der Waals surface area contributed by atoms with Crippen LogP contribution in [0.1, 0.15) is 5.56 Å². The zero-order valence-electron chi connectivity index (χ0n) is 7.81. The van der Waals surface area contributed by atoms with Gasteiger partial charge in [0.1, 0.15) is 0 Å². The first kappa shape index (κ1) is 8.75. The van der Waals surface area contributed by atoms with Crippen LogP contribution in [0.4, 0.5) is 0 Å². The number of hydrogen-bond donors (Lipinski definition) is 0. The Morgan fingerprint density at radius 2 is 1.86 bits per heavy atom. The molecule has 0 fully saturated rings. The van der Waals surface area contributed by atoms with Gasteiger partial charge in [-0.25, -0.2) is 0 Å². The number of amides is 1. The number of carbonyl (C=O) groups is 1. The molecule has 2 heteroatoms. The molecule has 70 valence electrons. The highest BCUT2D eigenvalue weighted by molar-refractivity contribution is 5.92. The fraction of sp³-hybridized carbons (Fsp3) is 0.0833. The van der Waals surface area contributed by atoms with E-state index in [9.17, 15) is 4.79 Å². The Bertz CT molecular complexity index is 374. The Balaban J connectivity index is 2.13. The third-order valence-electron chi connectivity index (χ3n) is 2.21. The van der Waals surface area contributed by atoms with Crippen LogP contribution in [0.2, 0.25) is 0 Å². The molecule has 0 N–H and O–H groups in total. The van der Waals surface area contributed by atoms with Gasteiger partial charge in [0.05, 0.1) is 6.54 Å². The molecule has 0 radical (unpaired) electrons. The van der Waals surface area contributed by atoms with Gasteiger partial charge in [0.25, 0.3) is 5.91 Å². The molecule has 0 saturated carbocycles. The smallest absolute Gasteiger partial charge is 0.251 e. The van der Waals surface area contributed by atoms with Gasteiger partial charge < -0.3 is 4.90 Å². The number of rotatable bonds is 2. The van der Waals surface area contributed by atoms with Crippen LogP contribution in [0.5, 0.6) is 0 Å². The van der Waals surface area contributed by atoms with Gasteiger partial charge in [-0.1, -0.05) is 36.9 Å². The fourth-order valence-corrected chi connectivity index (χ4v) is 1.43. The molecule has 0 saturated heterocycles. The highest BCUT2D eigenvalue weighted by atomic mass is 16.2. The summed E-state index contributed by atoms with van der Waals surface area (Å²) >= 11 is 0. The van der Waals surface area contributed by atoms with Crippen LogP contribution in [-0.2, 0) is 11.3 Å². The molecule has 0 aliphatic carbocycles. The first-order valence-corrected chi connectivity index (χ1v) is 4.50. The van der Waals surface area contributed by atoms with Gasteiger partial charge in [0.15, 0.2) is 0 Å². The van der Waals surface area contributed by atoms with Crippen LogP contribution >= 0.6 is 0 Å². The number of hydrogen-bond acceptors (Lipinski definition) is 1. The quantitative estimate of drug-likeness (QED) is 0.691. The molecule has 1 aromatic carbocycles. The minimum absolute atomic E-state index is 0.0128. The van der Waals surface area contributed by atoms with Crippen LogP contribution in [0.25, 0.3) is 0 Å². The Morgan fingerprint density at radius 1 is 1.14 bits per heavy atom. The lowest BCUT2D eigenvalue weighted by Gasteiger charge is -2.16. The molecule has 0 aromatic heterocycles. The second-order valence-electron chi connectivity index (χ2n) is 3.23. The van der Waals surface area contributed by atoms with Crippen molar-refractivity contribution in [2.24, 2.45) is 0 Å². The average Bonchev–Trinajstić information content (AvgIpc) is 2.51. The molecule has 1 aliphatic heterocycles. The molecule has 2 nitrogen and oxygen atoms in total. The first-order chi connectivity index (χ1) is 6.77. The molecule has 1 aromatic rings. The molecule has 1 heterocycles. The van der Waals surface area contributed by atoms with Crippen LogP contribution < -0.4 is 0 Å². The Kier molecular flexibility index (Phi) is 2.19. The number of carbonyl (C=O) groups excluding carboxylic acids is 1. The van der Waals surface area contributed by atoms with Gasteiger partial charge in [-0.3, -0.25) is 4.79 Å². The van der Waals surface area contributed by atoms with E-state index in [1.807, 2.05) is 30.3 Å². The minimum atomic E-state index is 0.0128. The monoisotopic (exact) mass is 185 g/mol. The summed E-state index contributed by atoms with van der Waals surface area (Å²) in [5.74, 6) is 0.0128. The van der Waals surface area contributed by atoms with E-state index in [0.717, 1.165) is 11.3 Å². The number of benzene rings is 1. The molecule has 1 aliphatic rings. The second kappa shape index (κ2) is 3.50. The summed E-state index contributed by atoms with van der Waals surface area (Å²) in [6, 6.07) is 9.89. The van der Waals surface area contributed by atoms with E-state index in [0.29, 0.717) is 6.54 Å². The SMILES string of the molecule is C=C1C=CC(=O)N1Cc1ccccc1. The van der Waals surface area contributed by atoms with Gasteiger partial charge >= 0.3 is 0 Å². The van der Waals surface area contributed by atoms with Gasteiger partial charge in [0, 0.05) is 11.8 Å². The van der Waals surface area contributed by atoms with Crippen molar-refractivity contribution in [3.8, 4) is 0 Å². The summed E-state index contributed by atoms with van der Waals surface area (Å²) in [5, 5.41) is 0. The fourth-order valence-electron chi connectivity index (χ4n) is 1.43. The van der Waals surface area contributed by atoms with Crippen molar-refractivity contribution in [3.05, 3.63) is 60.3 Å². The largest absolute Gasteiger partial charge is 0.305 e. The summed E-state index contributed by atoms with van der Waals surface area (Å²) in [6.07, 6.45) is 3.29. The van der Waals surface area contributed by atoms with Crippen molar-refractivity contribution in [2.45, 2.75) is 6.54 Å². The van der Waals surface area contributed by atoms with E-state index in [4.69, 9.17) is 0 Å². The second-order valence-corrected chi connectivity index (χ2v) is 3.23.